The van der Waals surface area contributed by atoms with Crippen molar-refractivity contribution in [3.05, 3.63) is 28.3 Å². The van der Waals surface area contributed by atoms with Crippen molar-refractivity contribution in [1.29, 1.82) is 0 Å². The minimum atomic E-state index is -1.60. The summed E-state index contributed by atoms with van der Waals surface area (Å²) in [6, 6.07) is 0. The lowest BCUT2D eigenvalue weighted by atomic mass is 10.0. The summed E-state index contributed by atoms with van der Waals surface area (Å²) in [6.07, 6.45) is 2.97. The first-order chi connectivity index (χ1) is 7.58. The molecule has 0 bridgehead atoms. The maximum absolute atomic E-state index is 10.5. The third-order valence-electron chi connectivity index (χ3n) is 2.02. The van der Waals surface area contributed by atoms with E-state index >= 15 is 0 Å². The van der Waals surface area contributed by atoms with Crippen LogP contribution in [0.2, 0.25) is 0 Å². The number of rotatable bonds is 7. The number of nitro groups is 1. The average molecular weight is 293 g/mol. The zero-order valence-corrected chi connectivity index (χ0v) is 10.1. The van der Waals surface area contributed by atoms with Crippen LogP contribution < -0.4 is 5.32 Å². The number of aliphatic hydroxyl groups is 1. The molecule has 0 saturated heterocycles. The molecule has 0 amide bonds. The summed E-state index contributed by atoms with van der Waals surface area (Å²) >= 11 is 3.22. The Morgan fingerprint density at radius 2 is 2.50 bits per heavy atom. The van der Waals surface area contributed by atoms with E-state index in [0.29, 0.717) is 11.9 Å². The number of aromatic nitrogens is 2. The Morgan fingerprint density at radius 3 is 3.00 bits per heavy atom. The van der Waals surface area contributed by atoms with Gasteiger partial charge in [0.1, 0.15) is 5.82 Å². The fraction of sp³-hybridized carbons (Fsp3) is 0.625. The van der Waals surface area contributed by atoms with Gasteiger partial charge >= 0.3 is 0 Å². The highest BCUT2D eigenvalue weighted by Gasteiger charge is 2.37. The van der Waals surface area contributed by atoms with Crippen LogP contribution in [0.5, 0.6) is 0 Å². The van der Waals surface area contributed by atoms with E-state index in [1.807, 2.05) is 0 Å². The minimum Gasteiger partial charge on any atom is -0.375 e. The van der Waals surface area contributed by atoms with Gasteiger partial charge in [-0.1, -0.05) is 15.9 Å². The lowest BCUT2D eigenvalue weighted by Crippen LogP contribution is -2.45. The van der Waals surface area contributed by atoms with Crippen LogP contribution in [0.25, 0.3) is 0 Å². The maximum atomic E-state index is 10.5. The van der Waals surface area contributed by atoms with E-state index in [2.05, 4.69) is 31.2 Å². The normalized spacial score (nSPS) is 14.6. The van der Waals surface area contributed by atoms with Crippen molar-refractivity contribution >= 4 is 15.9 Å². The van der Waals surface area contributed by atoms with Gasteiger partial charge < -0.3 is 15.4 Å². The van der Waals surface area contributed by atoms with E-state index in [1.54, 1.807) is 0 Å². The largest absolute Gasteiger partial charge is 0.375 e. The highest BCUT2D eigenvalue weighted by molar-refractivity contribution is 9.09. The zero-order valence-electron chi connectivity index (χ0n) is 8.52. The van der Waals surface area contributed by atoms with E-state index in [9.17, 15) is 15.2 Å². The Kier molecular flexibility index (Phi) is 4.84. The van der Waals surface area contributed by atoms with Gasteiger partial charge in [0.15, 0.2) is 5.60 Å². The molecule has 0 radical (unpaired) electrons. The first-order valence-electron chi connectivity index (χ1n) is 4.69. The monoisotopic (exact) mass is 292 g/mol. The molecule has 0 saturated carbocycles. The molecule has 0 aliphatic heterocycles. The molecular weight excluding hydrogens is 280 g/mol. The average Bonchev–Trinajstić information content (AvgIpc) is 2.70. The summed E-state index contributed by atoms with van der Waals surface area (Å²) in [7, 11) is 0. The molecule has 0 fully saturated rings. The summed E-state index contributed by atoms with van der Waals surface area (Å²) in [5.74, 6) is 0.200. The van der Waals surface area contributed by atoms with Crippen molar-refractivity contribution in [2.24, 2.45) is 0 Å². The van der Waals surface area contributed by atoms with Gasteiger partial charge in [-0.25, -0.2) is 4.98 Å². The van der Waals surface area contributed by atoms with E-state index in [4.69, 9.17) is 0 Å². The van der Waals surface area contributed by atoms with Crippen molar-refractivity contribution in [3.63, 3.8) is 0 Å². The highest BCUT2D eigenvalue weighted by Crippen LogP contribution is 2.16. The number of halogens is 1. The van der Waals surface area contributed by atoms with Gasteiger partial charge in [0, 0.05) is 35.7 Å². The predicted molar refractivity (Wildman–Crippen MR) is 61.0 cm³/mol. The second kappa shape index (κ2) is 5.92. The van der Waals surface area contributed by atoms with Gasteiger partial charge in [-0.15, -0.1) is 0 Å². The number of nitrogens with zero attached hydrogens (tertiary/aromatic N) is 2. The molecule has 1 aromatic rings. The van der Waals surface area contributed by atoms with E-state index in [0.717, 1.165) is 0 Å². The molecule has 90 valence electrons. The van der Waals surface area contributed by atoms with Crippen LogP contribution >= 0.6 is 15.9 Å². The smallest absolute Gasteiger partial charge is 0.240 e. The van der Waals surface area contributed by atoms with E-state index in [-0.39, 0.29) is 12.4 Å². The van der Waals surface area contributed by atoms with Crippen LogP contribution in [0.1, 0.15) is 5.82 Å². The van der Waals surface area contributed by atoms with Gasteiger partial charge in [-0.3, -0.25) is 10.1 Å². The molecule has 0 aromatic carbocycles. The van der Waals surface area contributed by atoms with Gasteiger partial charge in [0.05, 0.1) is 0 Å². The standard InChI is InChI=1S/C8H13BrN4O3/c9-1-2-10-5-8(14,6-13(15)16)7-11-3-4-12-7/h3-4,10,14H,1-2,5-6H2,(H,11,12). The third kappa shape index (κ3) is 3.54. The predicted octanol–water partition coefficient (Wildman–Crippen LogP) is -0.142. The zero-order chi connectivity index (χ0) is 12.0. The Hall–Kier alpha value is -0.990. The maximum Gasteiger partial charge on any atom is 0.240 e. The van der Waals surface area contributed by atoms with Gasteiger partial charge in [-0.2, -0.15) is 0 Å². The molecule has 0 spiro atoms. The molecular formula is C8H13BrN4O3. The Labute approximate surface area is 101 Å². The number of alkyl halides is 1. The fourth-order valence-corrected chi connectivity index (χ4v) is 1.59. The molecule has 1 heterocycles. The van der Waals surface area contributed by atoms with Crippen molar-refractivity contribution in [2.75, 3.05) is 25.0 Å². The van der Waals surface area contributed by atoms with Crippen molar-refractivity contribution in [3.8, 4) is 0 Å². The molecule has 8 heteroatoms. The molecule has 0 aliphatic rings. The topological polar surface area (TPSA) is 104 Å². The van der Waals surface area contributed by atoms with Crippen LogP contribution in [0.15, 0.2) is 12.4 Å². The number of imidazole rings is 1. The lowest BCUT2D eigenvalue weighted by molar-refractivity contribution is -0.502. The number of aromatic amines is 1. The number of H-pyrrole nitrogens is 1. The summed E-state index contributed by atoms with van der Waals surface area (Å²) < 4.78 is 0. The molecule has 1 atom stereocenters. The second-order valence-electron chi connectivity index (χ2n) is 3.33. The summed E-state index contributed by atoms with van der Waals surface area (Å²) in [6.45, 7) is 0.101. The molecule has 0 aliphatic carbocycles. The van der Waals surface area contributed by atoms with Gasteiger partial charge in [0.25, 0.3) is 0 Å². The SMILES string of the molecule is O=[N+]([O-])CC(O)(CNCCBr)c1ncc[nH]1. The molecule has 1 rings (SSSR count). The summed E-state index contributed by atoms with van der Waals surface area (Å²) in [5.41, 5.74) is -1.60. The molecule has 16 heavy (non-hydrogen) atoms. The van der Waals surface area contributed by atoms with E-state index in [1.165, 1.54) is 12.4 Å². The van der Waals surface area contributed by atoms with Crippen molar-refractivity contribution in [1.82, 2.24) is 15.3 Å². The van der Waals surface area contributed by atoms with E-state index < -0.39 is 17.1 Å². The van der Waals surface area contributed by atoms with Crippen molar-refractivity contribution in [2.45, 2.75) is 5.60 Å². The highest BCUT2D eigenvalue weighted by atomic mass is 79.9. The molecule has 7 nitrogen and oxygen atoms in total. The van der Waals surface area contributed by atoms with Gasteiger partial charge in [0.2, 0.25) is 6.54 Å². The number of hydrogen-bond acceptors (Lipinski definition) is 5. The Morgan fingerprint density at radius 1 is 1.75 bits per heavy atom. The summed E-state index contributed by atoms with van der Waals surface area (Å²) in [4.78, 5) is 16.5. The Bertz CT molecular complexity index is 332. The third-order valence-corrected chi connectivity index (χ3v) is 2.41. The first-order valence-corrected chi connectivity index (χ1v) is 5.81. The number of hydrogen-bond donors (Lipinski definition) is 3. The number of nitrogens with one attached hydrogen (secondary N) is 2. The van der Waals surface area contributed by atoms with Crippen molar-refractivity contribution < 1.29 is 10.0 Å². The van der Waals surface area contributed by atoms with Crippen LogP contribution in [-0.4, -0.2) is 45.0 Å². The Balaban J connectivity index is 2.72. The molecule has 1 aromatic heterocycles. The summed E-state index contributed by atoms with van der Waals surface area (Å²) in [5, 5.41) is 24.3. The lowest BCUT2D eigenvalue weighted by Gasteiger charge is -2.21. The fourth-order valence-electron chi connectivity index (χ4n) is 1.31. The minimum absolute atomic E-state index is 0.0765. The molecule has 3 N–H and O–H groups in total. The second-order valence-corrected chi connectivity index (χ2v) is 4.12. The quantitative estimate of drug-likeness (QED) is 0.281. The van der Waals surface area contributed by atoms with Crippen LogP contribution in [0, 0.1) is 10.1 Å². The van der Waals surface area contributed by atoms with Crippen LogP contribution in [-0.2, 0) is 5.60 Å². The van der Waals surface area contributed by atoms with Gasteiger partial charge in [-0.05, 0) is 0 Å². The first kappa shape index (κ1) is 13.1. The molecule has 1 unspecified atom stereocenters. The van der Waals surface area contributed by atoms with Crippen LogP contribution in [0.3, 0.4) is 0 Å². The van der Waals surface area contributed by atoms with Crippen LogP contribution in [0.4, 0.5) is 0 Å².